The molecule has 1 aromatic carbocycles. The Morgan fingerprint density at radius 3 is 2.47 bits per heavy atom. The van der Waals surface area contributed by atoms with Crippen LogP contribution in [0.15, 0.2) is 24.3 Å². The largest absolute Gasteiger partial charge is 0.409 e. The Labute approximate surface area is 101 Å². The van der Waals surface area contributed by atoms with Crippen molar-refractivity contribution < 1.29 is 18.4 Å². The first-order valence-electron chi connectivity index (χ1n) is 5.10. The molecule has 96 valence electrons. The number of sulfonamides is 1. The molecule has 0 heterocycles. The van der Waals surface area contributed by atoms with Crippen molar-refractivity contribution >= 4 is 15.7 Å². The molecular formula is C10H16N2O4S. The highest BCUT2D eigenvalue weighted by Crippen LogP contribution is 2.15. The van der Waals surface area contributed by atoms with E-state index >= 15 is 0 Å². The molecule has 0 bridgehead atoms. The van der Waals surface area contributed by atoms with Crippen molar-refractivity contribution in [1.82, 2.24) is 5.48 Å². The van der Waals surface area contributed by atoms with E-state index in [1.807, 2.05) is 0 Å². The monoisotopic (exact) mass is 260 g/mol. The number of hydroxylamine groups is 1. The van der Waals surface area contributed by atoms with E-state index in [0.717, 1.165) is 6.26 Å². The van der Waals surface area contributed by atoms with Crippen LogP contribution in [-0.4, -0.2) is 32.9 Å². The summed E-state index contributed by atoms with van der Waals surface area (Å²) in [5.74, 6) is 0.571. The Morgan fingerprint density at radius 1 is 1.29 bits per heavy atom. The molecular weight excluding hydrogens is 244 g/mol. The van der Waals surface area contributed by atoms with E-state index in [0.29, 0.717) is 24.4 Å². The summed E-state index contributed by atoms with van der Waals surface area (Å²) in [7, 11) is -3.25. The topological polar surface area (TPSA) is 87.7 Å². The van der Waals surface area contributed by atoms with Crippen molar-refractivity contribution in [3.05, 3.63) is 24.3 Å². The lowest BCUT2D eigenvalue weighted by Crippen LogP contribution is -2.20. The molecule has 17 heavy (non-hydrogen) atoms. The van der Waals surface area contributed by atoms with Crippen LogP contribution in [0.5, 0.6) is 5.75 Å². The van der Waals surface area contributed by atoms with E-state index in [1.165, 1.54) is 0 Å². The minimum absolute atomic E-state index is 0.105. The molecule has 3 N–H and O–H groups in total. The van der Waals surface area contributed by atoms with Crippen LogP contribution in [-0.2, 0) is 10.0 Å². The average molecular weight is 260 g/mol. The highest BCUT2D eigenvalue weighted by Gasteiger charge is 2.01. The number of anilines is 1. The van der Waals surface area contributed by atoms with Gasteiger partial charge in [-0.25, -0.2) is 8.42 Å². The molecule has 0 saturated heterocycles. The zero-order valence-corrected chi connectivity index (χ0v) is 10.3. The Hall–Kier alpha value is -1.31. The molecule has 0 aromatic heterocycles. The lowest BCUT2D eigenvalue weighted by atomic mass is 10.3. The van der Waals surface area contributed by atoms with Crippen molar-refractivity contribution in [2.45, 2.75) is 6.42 Å². The Balaban J connectivity index is 2.45. The fourth-order valence-corrected chi connectivity index (χ4v) is 1.65. The molecule has 0 saturated carbocycles. The van der Waals surface area contributed by atoms with Crippen LogP contribution >= 0.6 is 0 Å². The summed E-state index contributed by atoms with van der Waals surface area (Å²) in [5.41, 5.74) is 3.15. The summed E-state index contributed by atoms with van der Waals surface area (Å²) >= 11 is 0. The second-order valence-electron chi connectivity index (χ2n) is 3.47. The SMILES string of the molecule is CS(=O)(=O)Nc1ccc(ONCCCO)cc1. The number of aliphatic hydroxyl groups is 1. The molecule has 0 unspecified atom stereocenters. The van der Waals surface area contributed by atoms with Gasteiger partial charge in [-0.05, 0) is 30.7 Å². The fraction of sp³-hybridized carbons (Fsp3) is 0.400. The smallest absolute Gasteiger partial charge is 0.229 e. The summed E-state index contributed by atoms with van der Waals surface area (Å²) in [4.78, 5) is 5.15. The van der Waals surface area contributed by atoms with E-state index in [4.69, 9.17) is 9.94 Å². The van der Waals surface area contributed by atoms with E-state index in [2.05, 4.69) is 10.2 Å². The van der Waals surface area contributed by atoms with Crippen molar-refractivity contribution in [3.8, 4) is 5.75 Å². The Bertz CT molecular complexity index is 430. The first-order chi connectivity index (χ1) is 8.01. The molecule has 1 aromatic rings. The standard InChI is InChI=1S/C10H16N2O4S/c1-17(14,15)12-9-3-5-10(6-4-9)16-11-7-2-8-13/h3-6,11-13H,2,7-8H2,1H3. The molecule has 0 aliphatic carbocycles. The molecule has 0 fully saturated rings. The number of rotatable bonds is 7. The zero-order valence-electron chi connectivity index (χ0n) is 9.51. The third-order valence-corrected chi connectivity index (χ3v) is 2.39. The summed E-state index contributed by atoms with van der Waals surface area (Å²) in [5, 5.41) is 8.55. The van der Waals surface area contributed by atoms with Crippen LogP contribution in [0.1, 0.15) is 6.42 Å². The van der Waals surface area contributed by atoms with Crippen molar-refractivity contribution in [3.63, 3.8) is 0 Å². The van der Waals surface area contributed by atoms with Gasteiger partial charge in [-0.15, -0.1) is 0 Å². The maximum absolute atomic E-state index is 11.0. The van der Waals surface area contributed by atoms with Gasteiger partial charge in [-0.2, -0.15) is 5.48 Å². The summed E-state index contributed by atoms with van der Waals surface area (Å²) in [6.07, 6.45) is 1.70. The fourth-order valence-electron chi connectivity index (χ4n) is 1.09. The molecule has 0 amide bonds. The van der Waals surface area contributed by atoms with Gasteiger partial charge in [-0.1, -0.05) is 0 Å². The molecule has 0 aliphatic rings. The second kappa shape index (κ2) is 6.43. The van der Waals surface area contributed by atoms with Crippen LogP contribution in [0.2, 0.25) is 0 Å². The quantitative estimate of drug-likeness (QED) is 0.485. The maximum atomic E-state index is 11.0. The lowest BCUT2D eigenvalue weighted by Gasteiger charge is -2.07. The lowest BCUT2D eigenvalue weighted by molar-refractivity contribution is 0.180. The first-order valence-corrected chi connectivity index (χ1v) is 6.99. The molecule has 0 aliphatic heterocycles. The molecule has 1 rings (SSSR count). The predicted octanol–water partition coefficient (Wildman–Crippen LogP) is 0.324. The van der Waals surface area contributed by atoms with Crippen LogP contribution in [0.4, 0.5) is 5.69 Å². The minimum Gasteiger partial charge on any atom is -0.409 e. The van der Waals surface area contributed by atoms with E-state index < -0.39 is 10.0 Å². The van der Waals surface area contributed by atoms with Crippen LogP contribution in [0, 0.1) is 0 Å². The molecule has 0 atom stereocenters. The van der Waals surface area contributed by atoms with Crippen LogP contribution in [0.25, 0.3) is 0 Å². The van der Waals surface area contributed by atoms with Crippen molar-refractivity contribution in [2.24, 2.45) is 0 Å². The number of benzene rings is 1. The van der Waals surface area contributed by atoms with Crippen molar-refractivity contribution in [2.75, 3.05) is 24.1 Å². The van der Waals surface area contributed by atoms with Crippen LogP contribution in [0.3, 0.4) is 0 Å². The average Bonchev–Trinajstić information content (AvgIpc) is 2.25. The van der Waals surface area contributed by atoms with Gasteiger partial charge in [0.05, 0.1) is 6.26 Å². The van der Waals surface area contributed by atoms with Gasteiger partial charge >= 0.3 is 0 Å². The van der Waals surface area contributed by atoms with Gasteiger partial charge in [-0.3, -0.25) is 4.72 Å². The number of nitrogens with one attached hydrogen (secondary N) is 2. The van der Waals surface area contributed by atoms with E-state index in [-0.39, 0.29) is 6.61 Å². The molecule has 0 radical (unpaired) electrons. The summed E-state index contributed by atoms with van der Waals surface area (Å²) in [6.45, 7) is 0.646. The van der Waals surface area contributed by atoms with Crippen molar-refractivity contribution in [1.29, 1.82) is 0 Å². The summed E-state index contributed by atoms with van der Waals surface area (Å²) < 4.78 is 24.3. The van der Waals surface area contributed by atoms with Gasteiger partial charge in [0.25, 0.3) is 0 Å². The van der Waals surface area contributed by atoms with Gasteiger partial charge in [0.2, 0.25) is 10.0 Å². The highest BCUT2D eigenvalue weighted by atomic mass is 32.2. The zero-order chi connectivity index (χ0) is 12.7. The van der Waals surface area contributed by atoms with Crippen LogP contribution < -0.4 is 15.0 Å². The first kappa shape index (κ1) is 13.8. The number of aliphatic hydroxyl groups excluding tert-OH is 1. The Morgan fingerprint density at radius 2 is 1.94 bits per heavy atom. The third-order valence-electron chi connectivity index (χ3n) is 1.78. The van der Waals surface area contributed by atoms with Gasteiger partial charge in [0.15, 0.2) is 0 Å². The van der Waals surface area contributed by atoms with Gasteiger partial charge in [0.1, 0.15) is 5.75 Å². The summed E-state index contributed by atoms with van der Waals surface area (Å²) in [6, 6.07) is 6.48. The highest BCUT2D eigenvalue weighted by molar-refractivity contribution is 7.92. The van der Waals surface area contributed by atoms with E-state index in [9.17, 15) is 8.42 Å². The molecule has 0 spiro atoms. The maximum Gasteiger partial charge on any atom is 0.229 e. The third kappa shape index (κ3) is 6.10. The number of hydrogen-bond donors (Lipinski definition) is 3. The normalized spacial score (nSPS) is 11.2. The second-order valence-corrected chi connectivity index (χ2v) is 5.22. The minimum atomic E-state index is -3.25. The Kier molecular flexibility index (Phi) is 5.20. The molecule has 6 nitrogen and oxygen atoms in total. The van der Waals surface area contributed by atoms with E-state index in [1.54, 1.807) is 24.3 Å². The molecule has 7 heteroatoms. The number of hydrogen-bond acceptors (Lipinski definition) is 5. The van der Waals surface area contributed by atoms with Gasteiger partial charge < -0.3 is 9.94 Å². The predicted molar refractivity (Wildman–Crippen MR) is 65.2 cm³/mol. The van der Waals surface area contributed by atoms with Gasteiger partial charge in [0, 0.05) is 18.8 Å².